The monoisotopic (exact) mass is 170 g/mol. The Kier molecular flexibility index (Phi) is 3.06. The zero-order valence-electron chi connectivity index (χ0n) is 4.85. The van der Waals surface area contributed by atoms with Gasteiger partial charge in [-0.1, -0.05) is 0 Å². The number of hydrogen-bond acceptors (Lipinski definition) is 2. The van der Waals surface area contributed by atoms with Gasteiger partial charge in [0.05, 0.1) is 24.5 Å². The molecule has 0 saturated carbocycles. The van der Waals surface area contributed by atoms with Crippen LogP contribution in [-0.2, 0) is 9.47 Å². The summed E-state index contributed by atoms with van der Waals surface area (Å²) < 4.78 is 10.2. The first-order chi connectivity index (χ1) is 4.36. The maximum Gasteiger partial charge on any atom is 0.171 e. The topological polar surface area (TPSA) is 18.5 Å². The third-order valence-corrected chi connectivity index (χ3v) is 1.71. The van der Waals surface area contributed by atoms with Gasteiger partial charge in [-0.25, -0.2) is 0 Å². The lowest BCUT2D eigenvalue weighted by Crippen LogP contribution is -2.14. The van der Waals surface area contributed by atoms with Gasteiger partial charge < -0.3 is 9.47 Å². The average molecular weight is 171 g/mol. The maximum atomic E-state index is 5.48. The fourth-order valence-electron chi connectivity index (χ4n) is 0.670. The first-order valence-electron chi connectivity index (χ1n) is 2.76. The van der Waals surface area contributed by atoms with Crippen molar-refractivity contribution in [3.8, 4) is 0 Å². The van der Waals surface area contributed by atoms with Crippen LogP contribution in [0.4, 0.5) is 0 Å². The molecule has 2 atom stereocenters. The van der Waals surface area contributed by atoms with E-state index < -0.39 is 0 Å². The van der Waals surface area contributed by atoms with Gasteiger partial charge in [0.2, 0.25) is 0 Å². The van der Waals surface area contributed by atoms with E-state index >= 15 is 0 Å². The summed E-state index contributed by atoms with van der Waals surface area (Å²) in [5, 5.41) is 0. The number of ether oxygens (including phenoxy) is 2. The first kappa shape index (κ1) is 7.61. The summed E-state index contributed by atoms with van der Waals surface area (Å²) in [7, 11) is 0. The minimum absolute atomic E-state index is 0.0374. The summed E-state index contributed by atoms with van der Waals surface area (Å²) in [4.78, 5) is 0. The van der Waals surface area contributed by atoms with Gasteiger partial charge in [-0.3, -0.25) is 0 Å². The van der Waals surface area contributed by atoms with Crippen molar-refractivity contribution in [2.45, 2.75) is 12.4 Å². The Morgan fingerprint density at radius 1 is 1.33 bits per heavy atom. The van der Waals surface area contributed by atoms with Gasteiger partial charge in [0.25, 0.3) is 0 Å². The molecule has 0 aliphatic carbocycles. The molecule has 0 bridgehead atoms. The number of alkyl halides is 2. The van der Waals surface area contributed by atoms with E-state index in [1.807, 2.05) is 0 Å². The molecule has 1 heterocycles. The standard InChI is InChI=1S/C5H8Cl2O2/c6-1-4-3-8-5(2-7)9-4/h4-5H,1-3H2/t4-,5+/m1/s1. The van der Waals surface area contributed by atoms with Crippen molar-refractivity contribution in [3.05, 3.63) is 0 Å². The second kappa shape index (κ2) is 3.62. The molecule has 2 nitrogen and oxygen atoms in total. The normalized spacial score (nSPS) is 35.3. The number of halogens is 2. The summed E-state index contributed by atoms with van der Waals surface area (Å²) >= 11 is 10.9. The molecular weight excluding hydrogens is 163 g/mol. The van der Waals surface area contributed by atoms with E-state index in [0.29, 0.717) is 18.4 Å². The van der Waals surface area contributed by atoms with Crippen LogP contribution in [0.2, 0.25) is 0 Å². The van der Waals surface area contributed by atoms with Crippen molar-refractivity contribution >= 4 is 23.2 Å². The number of rotatable bonds is 2. The van der Waals surface area contributed by atoms with E-state index in [0.717, 1.165) is 0 Å². The summed E-state index contributed by atoms with van der Waals surface area (Å²) in [6, 6.07) is 0. The third kappa shape index (κ3) is 1.97. The molecule has 4 heteroatoms. The molecule has 1 aliphatic heterocycles. The molecule has 1 aliphatic rings. The molecule has 54 valence electrons. The van der Waals surface area contributed by atoms with Gasteiger partial charge in [0.15, 0.2) is 6.29 Å². The second-order valence-corrected chi connectivity index (χ2v) is 2.45. The van der Waals surface area contributed by atoms with E-state index in [2.05, 4.69) is 0 Å². The van der Waals surface area contributed by atoms with Gasteiger partial charge in [-0.2, -0.15) is 0 Å². The van der Waals surface area contributed by atoms with Gasteiger partial charge in [0, 0.05) is 0 Å². The summed E-state index contributed by atoms with van der Waals surface area (Å²) in [5.74, 6) is 0.862. The Morgan fingerprint density at radius 3 is 2.44 bits per heavy atom. The fraction of sp³-hybridized carbons (Fsp3) is 1.00. The van der Waals surface area contributed by atoms with Gasteiger partial charge >= 0.3 is 0 Å². The molecule has 0 aromatic heterocycles. The highest BCUT2D eigenvalue weighted by atomic mass is 35.5. The second-order valence-electron chi connectivity index (χ2n) is 1.83. The summed E-state index contributed by atoms with van der Waals surface area (Å²) in [5.41, 5.74) is 0. The van der Waals surface area contributed by atoms with Crippen LogP contribution in [0.25, 0.3) is 0 Å². The van der Waals surface area contributed by atoms with Crippen molar-refractivity contribution in [2.75, 3.05) is 18.4 Å². The molecular formula is C5H8Cl2O2. The molecule has 1 saturated heterocycles. The van der Waals surface area contributed by atoms with Crippen LogP contribution in [0.5, 0.6) is 0 Å². The van der Waals surface area contributed by atoms with Crippen molar-refractivity contribution in [2.24, 2.45) is 0 Å². The Balaban J connectivity index is 2.20. The van der Waals surface area contributed by atoms with Crippen LogP contribution in [-0.4, -0.2) is 30.8 Å². The predicted molar refractivity (Wildman–Crippen MR) is 36.1 cm³/mol. The van der Waals surface area contributed by atoms with Gasteiger partial charge in [-0.15, -0.1) is 23.2 Å². The quantitative estimate of drug-likeness (QED) is 0.581. The predicted octanol–water partition coefficient (Wildman–Crippen LogP) is 1.21. The van der Waals surface area contributed by atoms with E-state index in [1.165, 1.54) is 0 Å². The highest BCUT2D eigenvalue weighted by Crippen LogP contribution is 2.13. The molecule has 0 aromatic rings. The Bertz CT molecular complexity index is 79.0. The van der Waals surface area contributed by atoms with Crippen LogP contribution in [0.15, 0.2) is 0 Å². The van der Waals surface area contributed by atoms with Gasteiger partial charge in [0.1, 0.15) is 0 Å². The first-order valence-corrected chi connectivity index (χ1v) is 3.82. The van der Waals surface area contributed by atoms with Crippen LogP contribution in [0, 0.1) is 0 Å². The van der Waals surface area contributed by atoms with E-state index in [1.54, 1.807) is 0 Å². The van der Waals surface area contributed by atoms with E-state index in [9.17, 15) is 0 Å². The summed E-state index contributed by atoms with van der Waals surface area (Å²) in [6.07, 6.45) is -0.203. The SMILES string of the molecule is ClC[C@@H]1CO[C@H](CCl)O1. The van der Waals surface area contributed by atoms with E-state index in [4.69, 9.17) is 32.7 Å². The molecule has 1 fully saturated rings. The highest BCUT2D eigenvalue weighted by Gasteiger charge is 2.23. The smallest absolute Gasteiger partial charge is 0.171 e. The molecule has 0 unspecified atom stereocenters. The van der Waals surface area contributed by atoms with Crippen LogP contribution >= 0.6 is 23.2 Å². The minimum Gasteiger partial charge on any atom is -0.349 e. The third-order valence-electron chi connectivity index (χ3n) is 1.11. The fourth-order valence-corrected chi connectivity index (χ4v) is 0.993. The molecule has 0 N–H and O–H groups in total. The number of hydrogen-bond donors (Lipinski definition) is 0. The van der Waals surface area contributed by atoms with Crippen LogP contribution in [0.1, 0.15) is 0 Å². The lowest BCUT2D eigenvalue weighted by molar-refractivity contribution is -0.0356. The van der Waals surface area contributed by atoms with Crippen LogP contribution < -0.4 is 0 Å². The largest absolute Gasteiger partial charge is 0.349 e. The lowest BCUT2D eigenvalue weighted by atomic mass is 10.4. The Labute approximate surface area is 64.0 Å². The molecule has 0 aromatic carbocycles. The zero-order chi connectivity index (χ0) is 6.69. The zero-order valence-corrected chi connectivity index (χ0v) is 6.36. The van der Waals surface area contributed by atoms with Crippen molar-refractivity contribution in [1.82, 2.24) is 0 Å². The Morgan fingerprint density at radius 2 is 2.11 bits per heavy atom. The molecule has 9 heavy (non-hydrogen) atoms. The molecule has 0 amide bonds. The average Bonchev–Trinajstić information content (AvgIpc) is 2.34. The maximum absolute atomic E-state index is 5.48. The molecule has 0 spiro atoms. The van der Waals surface area contributed by atoms with Crippen molar-refractivity contribution < 1.29 is 9.47 Å². The Hall–Kier alpha value is 0.500. The van der Waals surface area contributed by atoms with E-state index in [-0.39, 0.29) is 12.4 Å². The van der Waals surface area contributed by atoms with Crippen LogP contribution in [0.3, 0.4) is 0 Å². The summed E-state index contributed by atoms with van der Waals surface area (Å²) in [6.45, 7) is 0.570. The van der Waals surface area contributed by atoms with Crippen molar-refractivity contribution in [1.29, 1.82) is 0 Å². The highest BCUT2D eigenvalue weighted by molar-refractivity contribution is 6.18. The lowest BCUT2D eigenvalue weighted by Gasteiger charge is -2.04. The van der Waals surface area contributed by atoms with Crippen molar-refractivity contribution in [3.63, 3.8) is 0 Å². The van der Waals surface area contributed by atoms with Gasteiger partial charge in [-0.05, 0) is 0 Å². The minimum atomic E-state index is -0.240. The molecule has 0 radical (unpaired) electrons. The molecule has 1 rings (SSSR count).